The fourth-order valence-corrected chi connectivity index (χ4v) is 1.14. The normalized spacial score (nSPS) is 38.2. The first-order valence-corrected chi connectivity index (χ1v) is 3.30. The van der Waals surface area contributed by atoms with Crippen LogP contribution in [0.4, 0.5) is 0 Å². The zero-order valence-electron chi connectivity index (χ0n) is 5.98. The summed E-state index contributed by atoms with van der Waals surface area (Å²) in [5.41, 5.74) is 5.23. The molecule has 0 fully saturated rings. The Morgan fingerprint density at radius 1 is 1.75 bits per heavy atom. The van der Waals surface area contributed by atoms with Crippen molar-refractivity contribution in [3.63, 3.8) is 0 Å². The fourth-order valence-electron chi connectivity index (χ4n) is 1.14. The van der Waals surface area contributed by atoms with Crippen LogP contribution in [0.2, 0.25) is 0 Å². The molecule has 0 aromatic rings. The molecule has 0 aromatic carbocycles. The van der Waals surface area contributed by atoms with Crippen LogP contribution >= 0.6 is 0 Å². The van der Waals surface area contributed by atoms with Crippen LogP contribution in [0, 0.1) is 0 Å². The topological polar surface area (TPSA) is 112 Å². The zero-order valence-corrected chi connectivity index (χ0v) is 5.98. The summed E-state index contributed by atoms with van der Waals surface area (Å²) in [6, 6.07) is -0.940. The van der Waals surface area contributed by atoms with E-state index in [2.05, 4.69) is 20.6 Å². The van der Waals surface area contributed by atoms with Gasteiger partial charge in [0.25, 0.3) is 11.8 Å². The van der Waals surface area contributed by atoms with E-state index in [0.29, 0.717) is 0 Å². The van der Waals surface area contributed by atoms with Crippen LogP contribution in [0.3, 0.4) is 0 Å². The van der Waals surface area contributed by atoms with Crippen LogP contribution < -0.4 is 16.4 Å². The van der Waals surface area contributed by atoms with Crippen molar-refractivity contribution in [2.24, 2.45) is 15.7 Å². The van der Waals surface area contributed by atoms with E-state index >= 15 is 0 Å². The van der Waals surface area contributed by atoms with Crippen molar-refractivity contribution in [3.05, 3.63) is 0 Å². The van der Waals surface area contributed by atoms with Gasteiger partial charge in [-0.1, -0.05) is 0 Å². The van der Waals surface area contributed by atoms with Crippen molar-refractivity contribution in [2.75, 3.05) is 0 Å². The summed E-state index contributed by atoms with van der Waals surface area (Å²) in [6.07, 6.45) is 1.23. The van der Waals surface area contributed by atoms with Gasteiger partial charge in [0.05, 0.1) is 6.34 Å². The number of hydrogen-bond acceptors (Lipinski definition) is 6. The molecule has 0 radical (unpaired) electrons. The number of carbonyl (C=O) groups is 1. The third kappa shape index (κ3) is 0.766. The van der Waals surface area contributed by atoms with Gasteiger partial charge in [-0.2, -0.15) is 4.99 Å². The SMILES string of the molecule is NC1=N[C@@]2(O)NC=N[C@H]2C(=O)N1. The molecular formula is C5H7N5O2. The lowest BCUT2D eigenvalue weighted by Crippen LogP contribution is -2.61. The number of hydrogen-bond donors (Lipinski definition) is 4. The molecule has 0 saturated carbocycles. The average molecular weight is 169 g/mol. The van der Waals surface area contributed by atoms with Gasteiger partial charge in [-0.3, -0.25) is 15.1 Å². The Bertz CT molecular complexity index is 298. The molecule has 0 aliphatic carbocycles. The number of aliphatic imine (C=N–C) groups is 2. The highest BCUT2D eigenvalue weighted by molar-refractivity contribution is 6.02. The summed E-state index contributed by atoms with van der Waals surface area (Å²) in [7, 11) is 0. The number of aliphatic hydroxyl groups is 1. The molecule has 2 rings (SSSR count). The lowest BCUT2D eigenvalue weighted by Gasteiger charge is -2.27. The maximum atomic E-state index is 11.1. The number of nitrogens with one attached hydrogen (secondary N) is 2. The van der Waals surface area contributed by atoms with Crippen molar-refractivity contribution >= 4 is 18.2 Å². The molecule has 0 aromatic heterocycles. The van der Waals surface area contributed by atoms with E-state index in [-0.39, 0.29) is 5.96 Å². The molecule has 2 aliphatic heterocycles. The van der Waals surface area contributed by atoms with Crippen molar-refractivity contribution in [1.82, 2.24) is 10.6 Å². The quantitative estimate of drug-likeness (QED) is 0.311. The van der Waals surface area contributed by atoms with Crippen LogP contribution in [-0.4, -0.2) is 35.2 Å². The van der Waals surface area contributed by atoms with Gasteiger partial charge in [0, 0.05) is 0 Å². The Morgan fingerprint density at radius 3 is 3.25 bits per heavy atom. The molecule has 0 saturated heterocycles. The molecule has 0 spiro atoms. The number of carbonyl (C=O) groups excluding carboxylic acids is 1. The summed E-state index contributed by atoms with van der Waals surface area (Å²) in [4.78, 5) is 18.4. The van der Waals surface area contributed by atoms with E-state index in [1.54, 1.807) is 0 Å². The minimum atomic E-state index is -1.69. The molecule has 1 amide bonds. The molecule has 12 heavy (non-hydrogen) atoms. The molecule has 0 bridgehead atoms. The second-order valence-electron chi connectivity index (χ2n) is 2.54. The van der Waals surface area contributed by atoms with Crippen LogP contribution in [-0.2, 0) is 4.79 Å². The highest BCUT2D eigenvalue weighted by atomic mass is 16.3. The van der Waals surface area contributed by atoms with Crippen molar-refractivity contribution in [1.29, 1.82) is 0 Å². The van der Waals surface area contributed by atoms with Gasteiger partial charge in [0.15, 0.2) is 12.0 Å². The summed E-state index contributed by atoms with van der Waals surface area (Å²) in [6.45, 7) is 0. The van der Waals surface area contributed by atoms with Crippen LogP contribution in [0.25, 0.3) is 0 Å². The predicted molar refractivity (Wildman–Crippen MR) is 40.1 cm³/mol. The van der Waals surface area contributed by atoms with Gasteiger partial charge in [0.1, 0.15) is 0 Å². The second-order valence-corrected chi connectivity index (χ2v) is 2.54. The first-order valence-electron chi connectivity index (χ1n) is 3.30. The largest absolute Gasteiger partial charge is 0.369 e. The zero-order chi connectivity index (χ0) is 8.77. The number of nitrogens with two attached hydrogens (primary N) is 1. The molecule has 5 N–H and O–H groups in total. The maximum absolute atomic E-state index is 11.1. The minimum absolute atomic E-state index is 0.114. The molecule has 2 heterocycles. The summed E-state index contributed by atoms with van der Waals surface area (Å²) < 4.78 is 0. The summed E-state index contributed by atoms with van der Waals surface area (Å²) in [5.74, 6) is -2.27. The van der Waals surface area contributed by atoms with Crippen molar-refractivity contribution in [3.8, 4) is 0 Å². The number of amides is 1. The minimum Gasteiger partial charge on any atom is -0.369 e. The first kappa shape index (κ1) is 7.04. The molecule has 7 nitrogen and oxygen atoms in total. The van der Waals surface area contributed by atoms with Crippen LogP contribution in [0.1, 0.15) is 0 Å². The van der Waals surface area contributed by atoms with E-state index in [4.69, 9.17) is 5.73 Å². The van der Waals surface area contributed by atoms with Gasteiger partial charge in [-0.15, -0.1) is 0 Å². The van der Waals surface area contributed by atoms with E-state index in [9.17, 15) is 9.90 Å². The molecule has 7 heteroatoms. The molecule has 0 unspecified atom stereocenters. The number of guanidine groups is 1. The molecule has 2 aliphatic rings. The summed E-state index contributed by atoms with van der Waals surface area (Å²) >= 11 is 0. The monoisotopic (exact) mass is 169 g/mol. The van der Waals surface area contributed by atoms with E-state index in [0.717, 1.165) is 0 Å². The van der Waals surface area contributed by atoms with Crippen LogP contribution in [0.15, 0.2) is 9.98 Å². The van der Waals surface area contributed by atoms with Gasteiger partial charge < -0.3 is 16.2 Å². The van der Waals surface area contributed by atoms with Crippen LogP contribution in [0.5, 0.6) is 0 Å². The third-order valence-electron chi connectivity index (χ3n) is 1.67. The first-order chi connectivity index (χ1) is 5.62. The van der Waals surface area contributed by atoms with Gasteiger partial charge in [0.2, 0.25) is 0 Å². The smallest absolute Gasteiger partial charge is 0.270 e. The Hall–Kier alpha value is -1.63. The third-order valence-corrected chi connectivity index (χ3v) is 1.67. The van der Waals surface area contributed by atoms with Gasteiger partial charge >= 0.3 is 0 Å². The molecule has 2 atom stereocenters. The molecular weight excluding hydrogens is 162 g/mol. The van der Waals surface area contributed by atoms with Crippen molar-refractivity contribution in [2.45, 2.75) is 11.9 Å². The maximum Gasteiger partial charge on any atom is 0.270 e. The Morgan fingerprint density at radius 2 is 2.50 bits per heavy atom. The number of rotatable bonds is 0. The van der Waals surface area contributed by atoms with E-state index in [1.165, 1.54) is 6.34 Å². The van der Waals surface area contributed by atoms with E-state index < -0.39 is 17.8 Å². The average Bonchev–Trinajstić information content (AvgIpc) is 2.29. The number of nitrogens with zero attached hydrogens (tertiary/aromatic N) is 2. The Balaban J connectivity index is 2.42. The lowest BCUT2D eigenvalue weighted by molar-refractivity contribution is -0.127. The standard InChI is InChI=1S/C5H7N5O2/c6-4-9-3(11)2-5(12,10-4)8-1-7-2/h1-2,12H,(H,7,8)(H3,6,9,10,11)/t2-,5-/m0/s1. The Kier molecular flexibility index (Phi) is 1.14. The molecule has 64 valence electrons. The Labute approximate surface area is 67.4 Å². The fraction of sp³-hybridized carbons (Fsp3) is 0.400. The van der Waals surface area contributed by atoms with Crippen molar-refractivity contribution < 1.29 is 9.90 Å². The lowest BCUT2D eigenvalue weighted by atomic mass is 10.1. The predicted octanol–water partition coefficient (Wildman–Crippen LogP) is -2.92. The van der Waals surface area contributed by atoms with Gasteiger partial charge in [-0.25, -0.2) is 0 Å². The van der Waals surface area contributed by atoms with Gasteiger partial charge in [-0.05, 0) is 0 Å². The second kappa shape index (κ2) is 1.95. The highest BCUT2D eigenvalue weighted by Gasteiger charge is 2.47. The summed E-state index contributed by atoms with van der Waals surface area (Å²) in [5, 5.41) is 14.3. The number of fused-ring (bicyclic) bond motifs is 1. The van der Waals surface area contributed by atoms with E-state index in [1.807, 2.05) is 0 Å². The highest BCUT2D eigenvalue weighted by Crippen LogP contribution is 2.18.